The highest BCUT2D eigenvalue weighted by Gasteiger charge is 2.39. The fraction of sp³-hybridized carbons (Fsp3) is 0.238. The number of aromatic amines is 1. The number of H-pyrrole nitrogens is 1. The van der Waals surface area contributed by atoms with Crippen LogP contribution in [0.4, 0.5) is 5.69 Å². The maximum atomic E-state index is 13.8. The molecule has 1 amide bonds. The van der Waals surface area contributed by atoms with E-state index in [2.05, 4.69) is 25.9 Å². The first kappa shape index (κ1) is 20.8. The normalized spacial score (nSPS) is 17.6. The number of nitrogens with one attached hydrogen (secondary N) is 1. The monoisotopic (exact) mass is 488 g/mol. The molecule has 1 aliphatic rings. The summed E-state index contributed by atoms with van der Waals surface area (Å²) in [5.74, 6) is -0.270. The van der Waals surface area contributed by atoms with Gasteiger partial charge in [-0.1, -0.05) is 46.3 Å². The van der Waals surface area contributed by atoms with Crippen LogP contribution >= 0.6 is 15.9 Å². The standard InChI is InChI=1S/C21H21BrN4O3S/c1-30(28,29)26-12-16-10-17(22)7-8-19(16)25(13-18-11-23-14-24-18)21(27)20(26)9-15-5-3-2-4-6-15/h2-8,10-11,14,20H,9,12-13H2,1H3,(H,23,24). The average Bonchev–Trinajstić information content (AvgIpc) is 3.18. The molecule has 0 aliphatic carbocycles. The Morgan fingerprint density at radius 2 is 1.97 bits per heavy atom. The van der Waals surface area contributed by atoms with Gasteiger partial charge in [-0.3, -0.25) is 4.79 Å². The van der Waals surface area contributed by atoms with E-state index in [-0.39, 0.29) is 19.0 Å². The van der Waals surface area contributed by atoms with Crippen molar-refractivity contribution in [3.63, 3.8) is 0 Å². The predicted octanol–water partition coefficient (Wildman–Crippen LogP) is 3.09. The van der Waals surface area contributed by atoms with Gasteiger partial charge >= 0.3 is 0 Å². The summed E-state index contributed by atoms with van der Waals surface area (Å²) in [5, 5.41) is 0. The first-order valence-electron chi connectivity index (χ1n) is 9.41. The lowest BCUT2D eigenvalue weighted by atomic mass is 10.0. The van der Waals surface area contributed by atoms with Gasteiger partial charge in [0, 0.05) is 22.9 Å². The molecule has 0 spiro atoms. The van der Waals surface area contributed by atoms with Crippen LogP contribution in [0.25, 0.3) is 0 Å². The zero-order valence-electron chi connectivity index (χ0n) is 16.3. The van der Waals surface area contributed by atoms with Crippen LogP contribution in [0.2, 0.25) is 0 Å². The van der Waals surface area contributed by atoms with Crippen LogP contribution in [0.15, 0.2) is 65.5 Å². The molecule has 1 aliphatic heterocycles. The second-order valence-electron chi connectivity index (χ2n) is 7.27. The molecule has 0 bridgehead atoms. The summed E-state index contributed by atoms with van der Waals surface area (Å²) in [7, 11) is -3.64. The smallest absolute Gasteiger partial charge is 0.246 e. The van der Waals surface area contributed by atoms with Crippen molar-refractivity contribution in [2.45, 2.75) is 25.6 Å². The molecule has 1 atom stereocenters. The molecule has 3 aromatic rings. The number of sulfonamides is 1. The van der Waals surface area contributed by atoms with E-state index in [1.165, 1.54) is 4.31 Å². The second-order valence-corrected chi connectivity index (χ2v) is 10.1. The minimum Gasteiger partial charge on any atom is -0.351 e. The molecular formula is C21H21BrN4O3S. The van der Waals surface area contributed by atoms with E-state index in [1.54, 1.807) is 17.4 Å². The van der Waals surface area contributed by atoms with Gasteiger partial charge in [0.2, 0.25) is 15.9 Å². The minimum absolute atomic E-state index is 0.119. The molecule has 4 rings (SSSR count). The summed E-state index contributed by atoms with van der Waals surface area (Å²) in [6.07, 6.45) is 4.74. The maximum absolute atomic E-state index is 13.8. The summed E-state index contributed by atoms with van der Waals surface area (Å²) >= 11 is 3.46. The third-order valence-corrected chi connectivity index (χ3v) is 6.86. The molecule has 1 aromatic heterocycles. The molecule has 0 saturated carbocycles. The van der Waals surface area contributed by atoms with Crippen LogP contribution in [0.1, 0.15) is 16.8 Å². The molecule has 0 fully saturated rings. The van der Waals surface area contributed by atoms with Crippen LogP contribution in [0, 0.1) is 0 Å². The number of halogens is 1. The van der Waals surface area contributed by atoms with Crippen LogP contribution in [-0.2, 0) is 34.3 Å². The van der Waals surface area contributed by atoms with Gasteiger partial charge in [0.1, 0.15) is 6.04 Å². The molecule has 30 heavy (non-hydrogen) atoms. The van der Waals surface area contributed by atoms with Crippen LogP contribution in [0.3, 0.4) is 0 Å². The molecule has 7 nitrogen and oxygen atoms in total. The van der Waals surface area contributed by atoms with Gasteiger partial charge in [-0.05, 0) is 35.7 Å². The molecule has 2 aromatic carbocycles. The van der Waals surface area contributed by atoms with E-state index in [0.717, 1.165) is 21.9 Å². The maximum Gasteiger partial charge on any atom is 0.246 e. The third-order valence-electron chi connectivity index (χ3n) is 5.13. The highest BCUT2D eigenvalue weighted by molar-refractivity contribution is 9.10. The van der Waals surface area contributed by atoms with Gasteiger partial charge in [0.05, 0.1) is 24.8 Å². The Kier molecular flexibility index (Phi) is 5.77. The largest absolute Gasteiger partial charge is 0.351 e. The molecule has 0 saturated heterocycles. The summed E-state index contributed by atoms with van der Waals surface area (Å²) in [4.78, 5) is 22.5. The Balaban J connectivity index is 1.83. The van der Waals surface area contributed by atoms with E-state index in [1.807, 2.05) is 48.5 Å². The van der Waals surface area contributed by atoms with Crippen molar-refractivity contribution in [2.24, 2.45) is 0 Å². The van der Waals surface area contributed by atoms with Crippen LogP contribution in [0.5, 0.6) is 0 Å². The SMILES string of the molecule is CS(=O)(=O)N1Cc2cc(Br)ccc2N(Cc2c[nH]cn2)C(=O)C1Cc1ccccc1. The predicted molar refractivity (Wildman–Crippen MR) is 118 cm³/mol. The summed E-state index contributed by atoms with van der Waals surface area (Å²) in [6.45, 7) is 0.369. The van der Waals surface area contributed by atoms with E-state index in [0.29, 0.717) is 17.8 Å². The zero-order valence-corrected chi connectivity index (χ0v) is 18.7. The van der Waals surface area contributed by atoms with Gasteiger partial charge in [-0.2, -0.15) is 4.31 Å². The first-order valence-corrected chi connectivity index (χ1v) is 12.1. The van der Waals surface area contributed by atoms with E-state index < -0.39 is 16.1 Å². The van der Waals surface area contributed by atoms with E-state index in [4.69, 9.17) is 0 Å². The quantitative estimate of drug-likeness (QED) is 0.597. The van der Waals surface area contributed by atoms with E-state index >= 15 is 0 Å². The molecule has 9 heteroatoms. The number of benzene rings is 2. The number of carbonyl (C=O) groups excluding carboxylic acids is 1. The number of carbonyl (C=O) groups is 1. The number of anilines is 1. The molecule has 156 valence electrons. The van der Waals surface area contributed by atoms with Crippen molar-refractivity contribution < 1.29 is 13.2 Å². The zero-order chi connectivity index (χ0) is 21.3. The fourth-order valence-corrected chi connectivity index (χ4v) is 5.13. The van der Waals surface area contributed by atoms with Crippen molar-refractivity contribution in [1.29, 1.82) is 0 Å². The molecule has 0 radical (unpaired) electrons. The van der Waals surface area contributed by atoms with Crippen molar-refractivity contribution >= 4 is 37.5 Å². The van der Waals surface area contributed by atoms with Crippen LogP contribution < -0.4 is 4.90 Å². The van der Waals surface area contributed by atoms with E-state index in [9.17, 15) is 13.2 Å². The second kappa shape index (κ2) is 8.33. The Bertz CT molecular complexity index is 1150. The lowest BCUT2D eigenvalue weighted by Gasteiger charge is -2.29. The van der Waals surface area contributed by atoms with Crippen LogP contribution in [-0.4, -0.2) is 40.9 Å². The molecule has 1 N–H and O–H groups in total. The number of imidazole rings is 1. The number of hydrogen-bond acceptors (Lipinski definition) is 4. The van der Waals surface area contributed by atoms with Gasteiger partial charge in [0.15, 0.2) is 0 Å². The Morgan fingerprint density at radius 1 is 1.20 bits per heavy atom. The first-order chi connectivity index (χ1) is 14.3. The van der Waals surface area contributed by atoms with Crippen molar-refractivity contribution in [2.75, 3.05) is 11.2 Å². The number of rotatable bonds is 5. The van der Waals surface area contributed by atoms with Crippen molar-refractivity contribution in [1.82, 2.24) is 14.3 Å². The number of aromatic nitrogens is 2. The molecular weight excluding hydrogens is 468 g/mol. The molecule has 1 unspecified atom stereocenters. The summed E-state index contributed by atoms with van der Waals surface area (Å²) < 4.78 is 27.6. The lowest BCUT2D eigenvalue weighted by molar-refractivity contribution is -0.122. The third kappa shape index (κ3) is 4.33. The lowest BCUT2D eigenvalue weighted by Crippen LogP contribution is -2.49. The molecule has 2 heterocycles. The van der Waals surface area contributed by atoms with Gasteiger partial charge in [-0.25, -0.2) is 13.4 Å². The number of nitrogens with zero attached hydrogens (tertiary/aromatic N) is 3. The Hall–Kier alpha value is -2.49. The summed E-state index contributed by atoms with van der Waals surface area (Å²) in [5.41, 5.74) is 3.05. The van der Waals surface area contributed by atoms with Gasteiger partial charge in [0.25, 0.3) is 0 Å². The van der Waals surface area contributed by atoms with Crippen molar-refractivity contribution in [3.05, 3.63) is 82.3 Å². The number of amides is 1. The Morgan fingerprint density at radius 3 is 2.63 bits per heavy atom. The van der Waals surface area contributed by atoms with Crippen molar-refractivity contribution in [3.8, 4) is 0 Å². The highest BCUT2D eigenvalue weighted by atomic mass is 79.9. The summed E-state index contributed by atoms with van der Waals surface area (Å²) in [6, 6.07) is 14.2. The topological polar surface area (TPSA) is 86.4 Å². The fourth-order valence-electron chi connectivity index (χ4n) is 3.72. The highest BCUT2D eigenvalue weighted by Crippen LogP contribution is 2.33. The Labute approximate surface area is 183 Å². The minimum atomic E-state index is -3.64. The number of hydrogen-bond donors (Lipinski definition) is 1. The average molecular weight is 489 g/mol. The van der Waals surface area contributed by atoms with Gasteiger partial charge in [-0.15, -0.1) is 0 Å². The van der Waals surface area contributed by atoms with Gasteiger partial charge < -0.3 is 9.88 Å². The number of fused-ring (bicyclic) bond motifs is 1.